The Morgan fingerprint density at radius 1 is 1.21 bits per heavy atom. The molecule has 2 N–H and O–H groups in total. The summed E-state index contributed by atoms with van der Waals surface area (Å²) < 4.78 is 87.3. The van der Waals surface area contributed by atoms with Crippen molar-refractivity contribution in [1.82, 2.24) is 19.2 Å². The summed E-state index contributed by atoms with van der Waals surface area (Å²) in [4.78, 5) is 20.1. The van der Waals surface area contributed by atoms with Crippen LogP contribution in [0.3, 0.4) is 0 Å². The topological polar surface area (TPSA) is 108 Å². The van der Waals surface area contributed by atoms with E-state index in [1.54, 1.807) is 17.2 Å². The zero-order valence-electron chi connectivity index (χ0n) is 26.2. The van der Waals surface area contributed by atoms with Gasteiger partial charge in [0.1, 0.15) is 17.6 Å². The highest BCUT2D eigenvalue weighted by Gasteiger charge is 2.35. The molecule has 3 aromatic rings. The molecule has 1 amide bonds. The normalized spacial score (nSPS) is 19.1. The van der Waals surface area contributed by atoms with E-state index in [0.29, 0.717) is 43.0 Å². The number of fused-ring (bicyclic) bond motifs is 1. The Balaban J connectivity index is 1.50. The van der Waals surface area contributed by atoms with Gasteiger partial charge < -0.3 is 29.6 Å². The molecule has 4 heterocycles. The van der Waals surface area contributed by atoms with Crippen molar-refractivity contribution in [2.45, 2.75) is 42.0 Å². The minimum absolute atomic E-state index is 0.0152. The van der Waals surface area contributed by atoms with Crippen LogP contribution >= 0.6 is 0 Å². The molecule has 2 aromatic heterocycles. The predicted octanol–water partition coefficient (Wildman–Crippen LogP) is 3.88. The predicted molar refractivity (Wildman–Crippen MR) is 170 cm³/mol. The van der Waals surface area contributed by atoms with Crippen molar-refractivity contribution in [2.24, 2.45) is 0 Å². The Hall–Kier alpha value is -4.29. The van der Waals surface area contributed by atoms with Crippen LogP contribution in [0, 0.1) is 11.8 Å². The van der Waals surface area contributed by atoms with Gasteiger partial charge in [0.15, 0.2) is 15.5 Å². The number of carbonyl (C=O) groups is 1. The number of rotatable bonds is 9. The molecule has 2 aliphatic heterocycles. The van der Waals surface area contributed by atoms with E-state index in [-0.39, 0.29) is 52.6 Å². The quantitative estimate of drug-likeness (QED) is 0.200. The van der Waals surface area contributed by atoms with Gasteiger partial charge in [-0.2, -0.15) is 13.2 Å². The van der Waals surface area contributed by atoms with Crippen molar-refractivity contribution in [2.75, 3.05) is 63.8 Å². The number of nitrogens with one attached hydrogen (secondary N) is 2. The van der Waals surface area contributed by atoms with Crippen molar-refractivity contribution in [1.29, 1.82) is 0 Å². The van der Waals surface area contributed by atoms with Gasteiger partial charge in [0.25, 0.3) is 0 Å². The van der Waals surface area contributed by atoms with Crippen LogP contribution in [0.5, 0.6) is 5.75 Å². The van der Waals surface area contributed by atoms with Crippen molar-refractivity contribution in [3.8, 4) is 17.6 Å². The first kappa shape index (κ1) is 34.1. The van der Waals surface area contributed by atoms with Crippen LogP contribution in [0.2, 0.25) is 0 Å². The number of aromatic nitrogens is 2. The Labute approximate surface area is 270 Å². The number of anilines is 2. The van der Waals surface area contributed by atoms with Gasteiger partial charge in [-0.1, -0.05) is 12.5 Å². The van der Waals surface area contributed by atoms with Crippen molar-refractivity contribution >= 4 is 32.8 Å². The third-order valence-electron chi connectivity index (χ3n) is 8.31. The van der Waals surface area contributed by atoms with Gasteiger partial charge in [-0.05, 0) is 49.2 Å². The second-order valence-electron chi connectivity index (χ2n) is 11.8. The monoisotopic (exact) mass is 676 g/mol. The number of hydrogen-bond acceptors (Lipinski definition) is 8. The van der Waals surface area contributed by atoms with Crippen molar-refractivity contribution in [3.63, 3.8) is 0 Å². The molecule has 2 aliphatic rings. The number of methoxy groups -OCH3 is 1. The van der Waals surface area contributed by atoms with Crippen LogP contribution in [0.25, 0.3) is 5.65 Å². The number of pyridine rings is 1. The lowest BCUT2D eigenvalue weighted by molar-refractivity contribution is -0.130. The number of sulfone groups is 1. The molecule has 1 aromatic carbocycles. The number of benzene rings is 1. The Kier molecular flexibility index (Phi) is 9.74. The molecule has 0 unspecified atom stereocenters. The number of halogens is 4. The second-order valence-corrected chi connectivity index (χ2v) is 13.8. The first-order chi connectivity index (χ1) is 22.2. The molecule has 2 fully saturated rings. The molecule has 47 heavy (non-hydrogen) atoms. The lowest BCUT2D eigenvalue weighted by atomic mass is 9.92. The fourth-order valence-electron chi connectivity index (χ4n) is 5.73. The summed E-state index contributed by atoms with van der Waals surface area (Å²) in [7, 11) is -0.258. The molecular formula is C32H36F4N6O4S. The zero-order chi connectivity index (χ0) is 34.1. The largest absolute Gasteiger partial charge is 0.495 e. The Morgan fingerprint density at radius 2 is 1.96 bits per heavy atom. The van der Waals surface area contributed by atoms with Crippen molar-refractivity contribution < 1.29 is 35.5 Å². The lowest BCUT2D eigenvalue weighted by Crippen LogP contribution is -2.48. The number of alkyl halides is 4. The van der Waals surface area contributed by atoms with E-state index in [2.05, 4.69) is 34.0 Å². The number of nitrogens with zero attached hydrogens (tertiary/aromatic N) is 4. The molecule has 2 saturated heterocycles. The average molecular weight is 677 g/mol. The minimum Gasteiger partial charge on any atom is -0.495 e. The van der Waals surface area contributed by atoms with E-state index in [1.165, 1.54) is 35.8 Å². The highest BCUT2D eigenvalue weighted by Crippen LogP contribution is 2.34. The highest BCUT2D eigenvalue weighted by molar-refractivity contribution is 7.90. The number of piperidine rings is 1. The van der Waals surface area contributed by atoms with Gasteiger partial charge in [0.2, 0.25) is 5.91 Å². The van der Waals surface area contributed by atoms with Crippen LogP contribution in [-0.4, -0.2) is 105 Å². The van der Waals surface area contributed by atoms with Crippen LogP contribution in [0.4, 0.5) is 28.9 Å². The first-order valence-corrected chi connectivity index (χ1v) is 16.8. The molecule has 10 nitrogen and oxygen atoms in total. The van der Waals surface area contributed by atoms with E-state index in [0.717, 1.165) is 6.26 Å². The lowest BCUT2D eigenvalue weighted by Gasteiger charge is -2.39. The van der Waals surface area contributed by atoms with Gasteiger partial charge in [-0.15, -0.1) is 0 Å². The fraction of sp³-hybridized carbons (Fsp3) is 0.438. The molecule has 0 bridgehead atoms. The molecule has 15 heteroatoms. The third-order valence-corrected chi connectivity index (χ3v) is 9.42. The third kappa shape index (κ3) is 7.82. The van der Waals surface area contributed by atoms with Crippen LogP contribution in [0.15, 0.2) is 48.0 Å². The number of ether oxygens (including phenoxy) is 1. The smallest absolute Gasteiger partial charge is 0.394 e. The summed E-state index contributed by atoms with van der Waals surface area (Å²) in [5.74, 6) is 5.46. The molecule has 5 rings (SSSR count). The van der Waals surface area contributed by atoms with Crippen LogP contribution in [-0.2, 0) is 21.1 Å². The maximum atomic E-state index is 15.1. The first-order valence-electron chi connectivity index (χ1n) is 14.9. The molecule has 0 spiro atoms. The van der Waals surface area contributed by atoms with Crippen LogP contribution < -0.4 is 15.4 Å². The average Bonchev–Trinajstić information content (AvgIpc) is 3.31. The van der Waals surface area contributed by atoms with E-state index in [1.807, 2.05) is 11.9 Å². The van der Waals surface area contributed by atoms with Crippen LogP contribution in [0.1, 0.15) is 29.3 Å². The molecule has 0 radical (unpaired) electrons. The van der Waals surface area contributed by atoms with E-state index in [4.69, 9.17) is 4.74 Å². The maximum Gasteiger partial charge on any atom is 0.394 e. The summed E-state index contributed by atoms with van der Waals surface area (Å²) in [5.41, 5.74) is 1.45. The summed E-state index contributed by atoms with van der Waals surface area (Å²) in [6.45, 7) is 5.09. The highest BCUT2D eigenvalue weighted by atomic mass is 32.2. The second kappa shape index (κ2) is 13.4. The summed E-state index contributed by atoms with van der Waals surface area (Å²) in [5, 5.41) is 6.22. The number of carbonyl (C=O) groups excluding carboxylic acids is 1. The summed E-state index contributed by atoms with van der Waals surface area (Å²) >= 11 is 0. The van der Waals surface area contributed by atoms with E-state index in [9.17, 15) is 26.4 Å². The zero-order valence-corrected chi connectivity index (χ0v) is 27.0. The Bertz CT molecular complexity index is 1840. The van der Waals surface area contributed by atoms with E-state index < -0.39 is 34.6 Å². The molecule has 0 saturated carbocycles. The van der Waals surface area contributed by atoms with E-state index >= 15 is 4.39 Å². The molecule has 2 atom stereocenters. The van der Waals surface area contributed by atoms with Crippen molar-refractivity contribution in [3.05, 3.63) is 60.1 Å². The number of imidazole rings is 1. The van der Waals surface area contributed by atoms with Gasteiger partial charge in [0.05, 0.1) is 48.1 Å². The number of likely N-dealkylation sites (tertiary alicyclic amines) is 2. The van der Waals surface area contributed by atoms with Gasteiger partial charge in [-0.3, -0.25) is 4.79 Å². The van der Waals surface area contributed by atoms with Gasteiger partial charge in [-0.25, -0.2) is 17.8 Å². The summed E-state index contributed by atoms with van der Waals surface area (Å²) in [6, 6.07) is 5.49. The number of hydrogen-bond donors (Lipinski definition) is 2. The maximum absolute atomic E-state index is 15.1. The summed E-state index contributed by atoms with van der Waals surface area (Å²) in [6.07, 6.45) is -2.72. The molecule has 252 valence electrons. The number of amides is 1. The minimum atomic E-state index is -4.58. The molecule has 0 aliphatic carbocycles. The van der Waals surface area contributed by atoms with Gasteiger partial charge in [0, 0.05) is 50.6 Å². The fourth-order valence-corrected chi connectivity index (χ4v) is 6.37. The van der Waals surface area contributed by atoms with Gasteiger partial charge >= 0.3 is 6.18 Å². The Morgan fingerprint density at radius 3 is 2.60 bits per heavy atom. The SMILES string of the molecule is C=CC(=O)N1CC(c2cc(N[C@@H]3CCN(C)C[C@@H]3F)c3nc(C#CCNc4ccc(S(C)(=O)=O)cc4OC)c(CC(F)(F)F)n3c2)C1. The standard InChI is InChI=1S/C32H36F4N6O4S/c1-5-30(43)41-16-21(17-41)20-13-27(38-24-10-12-40(2)19-23(24)33)31-39-25(28(42(31)18-20)15-32(34,35)36)7-6-11-37-26-9-8-22(47(4,44)45)14-29(26)46-3/h5,8-9,13-14,18,21,23-24,37-38H,1,10-12,15-17,19H2,2-4H3/t23-,24+/m0/s1. The molecular weight excluding hydrogens is 640 g/mol.